The summed E-state index contributed by atoms with van der Waals surface area (Å²) < 4.78 is 22.2. The second kappa shape index (κ2) is 8.39. The Labute approximate surface area is 137 Å². The molecular formula is C15H23ClN2O3S. The highest BCUT2D eigenvalue weighted by Gasteiger charge is 2.15. The van der Waals surface area contributed by atoms with Gasteiger partial charge in [-0.15, -0.1) is 0 Å². The number of benzene rings is 1. The molecule has 22 heavy (non-hydrogen) atoms. The summed E-state index contributed by atoms with van der Waals surface area (Å²) in [7, 11) is -3.01. The Morgan fingerprint density at radius 3 is 2.32 bits per heavy atom. The second-order valence-electron chi connectivity index (χ2n) is 5.45. The molecule has 2 unspecified atom stereocenters. The molecule has 0 spiro atoms. The maximum absolute atomic E-state index is 12.0. The molecule has 124 valence electrons. The maximum atomic E-state index is 12.0. The standard InChI is InChI=1S/C15H23ClN2O3S/c1-4-14(12-5-7-13(16)8-6-12)18-15(19)17-11(2)9-10-22(3,20)21/h5-8,11,14H,4,9-10H2,1-3H3,(H2,17,18,19). The summed E-state index contributed by atoms with van der Waals surface area (Å²) in [6, 6.07) is 6.70. The average molecular weight is 347 g/mol. The van der Waals surface area contributed by atoms with E-state index in [-0.39, 0.29) is 23.9 Å². The Hall–Kier alpha value is -1.27. The summed E-state index contributed by atoms with van der Waals surface area (Å²) in [5, 5.41) is 6.30. The van der Waals surface area contributed by atoms with Gasteiger partial charge in [0, 0.05) is 17.3 Å². The number of halogens is 1. The number of hydrogen-bond acceptors (Lipinski definition) is 3. The predicted molar refractivity (Wildman–Crippen MR) is 89.9 cm³/mol. The minimum Gasteiger partial charge on any atom is -0.336 e. The zero-order valence-corrected chi connectivity index (χ0v) is 14.7. The van der Waals surface area contributed by atoms with Gasteiger partial charge in [-0.1, -0.05) is 30.7 Å². The lowest BCUT2D eigenvalue weighted by Crippen LogP contribution is -2.42. The maximum Gasteiger partial charge on any atom is 0.315 e. The largest absolute Gasteiger partial charge is 0.336 e. The molecule has 0 aliphatic heterocycles. The van der Waals surface area contributed by atoms with Crippen LogP contribution < -0.4 is 10.6 Å². The van der Waals surface area contributed by atoms with Crippen molar-refractivity contribution >= 4 is 27.5 Å². The van der Waals surface area contributed by atoms with E-state index in [9.17, 15) is 13.2 Å². The number of sulfone groups is 1. The van der Waals surface area contributed by atoms with Gasteiger partial charge in [-0.25, -0.2) is 13.2 Å². The lowest BCUT2D eigenvalue weighted by Gasteiger charge is -2.20. The molecule has 1 aromatic rings. The molecule has 2 atom stereocenters. The first-order valence-corrected chi connectivity index (χ1v) is 9.65. The van der Waals surface area contributed by atoms with Crippen molar-refractivity contribution in [1.82, 2.24) is 10.6 Å². The molecule has 0 aromatic heterocycles. The van der Waals surface area contributed by atoms with Crippen LogP contribution in [-0.2, 0) is 9.84 Å². The SMILES string of the molecule is CCC(NC(=O)NC(C)CCS(C)(=O)=O)c1ccc(Cl)cc1. The molecule has 1 aromatic carbocycles. The molecule has 0 saturated heterocycles. The van der Waals surface area contributed by atoms with E-state index in [1.165, 1.54) is 6.26 Å². The average Bonchev–Trinajstić information content (AvgIpc) is 2.43. The van der Waals surface area contributed by atoms with Crippen molar-refractivity contribution in [1.29, 1.82) is 0 Å². The normalized spacial score (nSPS) is 14.2. The Balaban J connectivity index is 2.53. The van der Waals surface area contributed by atoms with E-state index in [2.05, 4.69) is 10.6 Å². The van der Waals surface area contributed by atoms with Gasteiger partial charge in [-0.3, -0.25) is 0 Å². The summed E-state index contributed by atoms with van der Waals surface area (Å²) in [5.74, 6) is 0.0584. The third-order valence-electron chi connectivity index (χ3n) is 3.29. The lowest BCUT2D eigenvalue weighted by atomic mass is 10.1. The number of nitrogens with one attached hydrogen (secondary N) is 2. The third-order valence-corrected chi connectivity index (χ3v) is 4.51. The van der Waals surface area contributed by atoms with Crippen LogP contribution in [0.4, 0.5) is 4.79 Å². The van der Waals surface area contributed by atoms with Crippen molar-refractivity contribution in [3.8, 4) is 0 Å². The van der Waals surface area contributed by atoms with Gasteiger partial charge in [-0.2, -0.15) is 0 Å². The van der Waals surface area contributed by atoms with Crippen molar-refractivity contribution in [2.24, 2.45) is 0 Å². The number of carbonyl (C=O) groups is 1. The van der Waals surface area contributed by atoms with Crippen LogP contribution in [0.5, 0.6) is 0 Å². The zero-order valence-electron chi connectivity index (χ0n) is 13.1. The quantitative estimate of drug-likeness (QED) is 0.797. The number of amides is 2. The molecule has 0 saturated carbocycles. The topological polar surface area (TPSA) is 75.3 Å². The van der Waals surface area contributed by atoms with Gasteiger partial charge in [0.1, 0.15) is 9.84 Å². The first kappa shape index (κ1) is 18.8. The molecule has 0 aliphatic rings. The highest BCUT2D eigenvalue weighted by atomic mass is 35.5. The summed E-state index contributed by atoms with van der Waals surface area (Å²) in [4.78, 5) is 12.0. The van der Waals surface area contributed by atoms with E-state index < -0.39 is 9.84 Å². The number of carbonyl (C=O) groups excluding carboxylic acids is 1. The Bertz CT molecular complexity index is 587. The van der Waals surface area contributed by atoms with E-state index in [0.29, 0.717) is 11.4 Å². The number of hydrogen-bond donors (Lipinski definition) is 2. The first-order chi connectivity index (χ1) is 10.2. The van der Waals surface area contributed by atoms with Crippen molar-refractivity contribution < 1.29 is 13.2 Å². The Morgan fingerprint density at radius 2 is 1.82 bits per heavy atom. The minimum absolute atomic E-state index is 0.0584. The second-order valence-corrected chi connectivity index (χ2v) is 8.15. The lowest BCUT2D eigenvalue weighted by molar-refractivity contribution is 0.233. The number of urea groups is 1. The molecule has 0 aliphatic carbocycles. The van der Waals surface area contributed by atoms with Crippen LogP contribution >= 0.6 is 11.6 Å². The van der Waals surface area contributed by atoms with E-state index in [0.717, 1.165) is 12.0 Å². The summed E-state index contributed by atoms with van der Waals surface area (Å²) in [6.07, 6.45) is 2.32. The van der Waals surface area contributed by atoms with Crippen LogP contribution in [0.2, 0.25) is 5.02 Å². The zero-order chi connectivity index (χ0) is 16.8. The van der Waals surface area contributed by atoms with Gasteiger partial charge in [0.15, 0.2) is 0 Å². The van der Waals surface area contributed by atoms with Crippen molar-refractivity contribution in [3.05, 3.63) is 34.9 Å². The van der Waals surface area contributed by atoms with E-state index in [1.54, 1.807) is 19.1 Å². The summed E-state index contributed by atoms with van der Waals surface area (Å²) in [6.45, 7) is 3.76. The fraction of sp³-hybridized carbons (Fsp3) is 0.533. The van der Waals surface area contributed by atoms with Crippen LogP contribution in [0, 0.1) is 0 Å². The molecule has 0 heterocycles. The van der Waals surface area contributed by atoms with Crippen LogP contribution in [0.1, 0.15) is 38.3 Å². The van der Waals surface area contributed by atoms with Gasteiger partial charge in [0.25, 0.3) is 0 Å². The predicted octanol–water partition coefficient (Wildman–Crippen LogP) is 2.91. The molecule has 0 radical (unpaired) electrons. The van der Waals surface area contributed by atoms with Gasteiger partial charge < -0.3 is 10.6 Å². The van der Waals surface area contributed by atoms with E-state index in [4.69, 9.17) is 11.6 Å². The Kier molecular flexibility index (Phi) is 7.16. The highest BCUT2D eigenvalue weighted by Crippen LogP contribution is 2.19. The molecule has 2 amide bonds. The van der Waals surface area contributed by atoms with Crippen LogP contribution in [-0.4, -0.2) is 32.5 Å². The fourth-order valence-corrected chi connectivity index (χ4v) is 2.91. The minimum atomic E-state index is -3.01. The van der Waals surface area contributed by atoms with Crippen LogP contribution in [0.15, 0.2) is 24.3 Å². The van der Waals surface area contributed by atoms with Crippen LogP contribution in [0.25, 0.3) is 0 Å². The molecule has 2 N–H and O–H groups in total. The Morgan fingerprint density at radius 1 is 1.23 bits per heavy atom. The fourth-order valence-electron chi connectivity index (χ4n) is 2.00. The molecule has 7 heteroatoms. The smallest absolute Gasteiger partial charge is 0.315 e. The number of rotatable bonds is 7. The molecule has 5 nitrogen and oxygen atoms in total. The monoisotopic (exact) mass is 346 g/mol. The van der Waals surface area contributed by atoms with Crippen molar-refractivity contribution in [3.63, 3.8) is 0 Å². The van der Waals surface area contributed by atoms with E-state index >= 15 is 0 Å². The van der Waals surface area contributed by atoms with Crippen LogP contribution in [0.3, 0.4) is 0 Å². The summed E-state index contributed by atoms with van der Waals surface area (Å²) >= 11 is 5.86. The van der Waals surface area contributed by atoms with E-state index in [1.807, 2.05) is 19.1 Å². The molecule has 1 rings (SSSR count). The molecule has 0 fully saturated rings. The van der Waals surface area contributed by atoms with Gasteiger partial charge in [0.05, 0.1) is 11.8 Å². The molecular weight excluding hydrogens is 324 g/mol. The van der Waals surface area contributed by atoms with Crippen molar-refractivity contribution in [2.45, 2.75) is 38.8 Å². The highest BCUT2D eigenvalue weighted by molar-refractivity contribution is 7.90. The van der Waals surface area contributed by atoms with Gasteiger partial charge >= 0.3 is 6.03 Å². The van der Waals surface area contributed by atoms with Crippen molar-refractivity contribution in [2.75, 3.05) is 12.0 Å². The first-order valence-electron chi connectivity index (χ1n) is 7.21. The van der Waals surface area contributed by atoms with Gasteiger partial charge in [-0.05, 0) is 37.5 Å². The summed E-state index contributed by atoms with van der Waals surface area (Å²) in [5.41, 5.74) is 0.978. The third kappa shape index (κ3) is 7.13. The molecule has 0 bridgehead atoms. The van der Waals surface area contributed by atoms with Gasteiger partial charge in [0.2, 0.25) is 0 Å².